The van der Waals surface area contributed by atoms with Crippen LogP contribution in [0.2, 0.25) is 0 Å². The molecule has 0 aromatic heterocycles. The lowest BCUT2D eigenvalue weighted by Crippen LogP contribution is -2.11. The number of benzene rings is 3. The zero-order valence-electron chi connectivity index (χ0n) is 17.1. The van der Waals surface area contributed by atoms with Gasteiger partial charge in [0.1, 0.15) is 17.1 Å². The Balaban J connectivity index is 1.91. The molecular weight excluding hydrogens is 397 g/mol. The van der Waals surface area contributed by atoms with Gasteiger partial charge in [0.15, 0.2) is 0 Å². The number of nitrogen functional groups attached to an aromatic ring is 1. The fraction of sp³-hybridized carbons (Fsp3) is 0.217. The molecule has 0 aliphatic carbocycles. The highest BCUT2D eigenvalue weighted by Crippen LogP contribution is 2.40. The molecule has 150 valence electrons. The summed E-state index contributed by atoms with van der Waals surface area (Å²) in [4.78, 5) is 2.16. The first-order valence-electron chi connectivity index (χ1n) is 9.32. The van der Waals surface area contributed by atoms with Crippen LogP contribution in [0.15, 0.2) is 74.6 Å². The lowest BCUT2D eigenvalue weighted by molar-refractivity contribution is 0.447. The van der Waals surface area contributed by atoms with Crippen LogP contribution in [0.5, 0.6) is 5.75 Å². The van der Waals surface area contributed by atoms with Gasteiger partial charge in [-0.15, -0.1) is 19.5 Å². The molecule has 0 aliphatic rings. The zero-order chi connectivity index (χ0) is 21.2. The standard InChI is InChI=1S/C23H26N3OPS/c1-14-11-18(23(2,3)4)22(27)21(12-14)26-25-20-13-17(9-10-19(20)24)29-16-7-5-15(28)6-8-16/h5-13,27H,24,28H2,1-4H3. The van der Waals surface area contributed by atoms with E-state index in [1.165, 1.54) is 0 Å². The summed E-state index contributed by atoms with van der Waals surface area (Å²) < 4.78 is 0. The average molecular weight is 424 g/mol. The first-order valence-corrected chi connectivity index (χ1v) is 10.7. The van der Waals surface area contributed by atoms with E-state index in [2.05, 4.69) is 64.5 Å². The molecule has 1 atom stereocenters. The van der Waals surface area contributed by atoms with Crippen molar-refractivity contribution in [1.82, 2.24) is 0 Å². The summed E-state index contributed by atoms with van der Waals surface area (Å²) >= 11 is 1.64. The van der Waals surface area contributed by atoms with Crippen LogP contribution < -0.4 is 11.0 Å². The van der Waals surface area contributed by atoms with Crippen LogP contribution in [0.4, 0.5) is 17.1 Å². The highest BCUT2D eigenvalue weighted by Gasteiger charge is 2.20. The Labute approximate surface area is 178 Å². The molecule has 0 heterocycles. The minimum atomic E-state index is -0.192. The van der Waals surface area contributed by atoms with Gasteiger partial charge in [0.2, 0.25) is 0 Å². The van der Waals surface area contributed by atoms with Crippen molar-refractivity contribution >= 4 is 43.4 Å². The second-order valence-electron chi connectivity index (χ2n) is 8.02. The smallest absolute Gasteiger partial charge is 0.146 e. The molecule has 0 saturated carbocycles. The molecular formula is C23H26N3OPS. The zero-order valence-corrected chi connectivity index (χ0v) is 19.1. The number of aromatic hydroxyl groups is 1. The first-order chi connectivity index (χ1) is 13.6. The van der Waals surface area contributed by atoms with Crippen molar-refractivity contribution < 1.29 is 5.11 Å². The largest absolute Gasteiger partial charge is 0.505 e. The van der Waals surface area contributed by atoms with Crippen molar-refractivity contribution in [2.75, 3.05) is 5.73 Å². The second-order valence-corrected chi connectivity index (χ2v) is 9.84. The van der Waals surface area contributed by atoms with Crippen molar-refractivity contribution in [3.63, 3.8) is 0 Å². The van der Waals surface area contributed by atoms with Crippen molar-refractivity contribution in [3.05, 3.63) is 65.7 Å². The molecule has 4 nitrogen and oxygen atoms in total. The molecule has 0 spiro atoms. The summed E-state index contributed by atoms with van der Waals surface area (Å²) in [5.41, 5.74) is 9.36. The van der Waals surface area contributed by atoms with Gasteiger partial charge in [-0.1, -0.05) is 50.7 Å². The van der Waals surface area contributed by atoms with E-state index < -0.39 is 0 Å². The summed E-state index contributed by atoms with van der Waals surface area (Å²) in [6, 6.07) is 17.8. The molecule has 3 N–H and O–H groups in total. The van der Waals surface area contributed by atoms with Gasteiger partial charge in [-0.25, -0.2) is 0 Å². The summed E-state index contributed by atoms with van der Waals surface area (Å²) in [6.07, 6.45) is 0. The number of rotatable bonds is 4. The number of hydrogen-bond acceptors (Lipinski definition) is 5. The maximum Gasteiger partial charge on any atom is 0.146 e. The number of hydrogen-bond donors (Lipinski definition) is 2. The van der Waals surface area contributed by atoms with Crippen LogP contribution in [-0.2, 0) is 5.41 Å². The molecule has 0 bridgehead atoms. The molecule has 0 saturated heterocycles. The number of anilines is 1. The topological polar surface area (TPSA) is 71.0 Å². The number of azo groups is 1. The quantitative estimate of drug-likeness (QED) is 0.280. The lowest BCUT2D eigenvalue weighted by atomic mass is 9.85. The summed E-state index contributed by atoms with van der Waals surface area (Å²) in [5, 5.41) is 20.5. The van der Waals surface area contributed by atoms with E-state index in [1.54, 1.807) is 11.8 Å². The molecule has 0 aliphatic heterocycles. The number of phenolic OH excluding ortho intramolecular Hbond substituents is 1. The van der Waals surface area contributed by atoms with Gasteiger partial charge in [-0.3, -0.25) is 0 Å². The molecule has 3 rings (SSSR count). The lowest BCUT2D eigenvalue weighted by Gasteiger charge is -2.21. The van der Waals surface area contributed by atoms with Gasteiger partial charge >= 0.3 is 0 Å². The van der Waals surface area contributed by atoms with Crippen LogP contribution in [0.3, 0.4) is 0 Å². The highest BCUT2D eigenvalue weighted by molar-refractivity contribution is 7.99. The Morgan fingerprint density at radius 2 is 1.52 bits per heavy atom. The molecule has 3 aromatic carbocycles. The minimum absolute atomic E-state index is 0.161. The van der Waals surface area contributed by atoms with Gasteiger partial charge in [-0.05, 0) is 59.6 Å². The number of nitrogens with two attached hydrogens (primary N) is 1. The van der Waals surface area contributed by atoms with E-state index in [-0.39, 0.29) is 11.2 Å². The third-order valence-electron chi connectivity index (χ3n) is 4.43. The fourth-order valence-corrected chi connectivity index (χ4v) is 3.90. The number of phenols is 1. The van der Waals surface area contributed by atoms with Crippen LogP contribution >= 0.6 is 21.0 Å². The van der Waals surface area contributed by atoms with Crippen molar-refractivity contribution in [3.8, 4) is 5.75 Å². The normalized spacial score (nSPS) is 11.9. The summed E-state index contributed by atoms with van der Waals surface area (Å²) in [6.45, 7) is 8.17. The van der Waals surface area contributed by atoms with E-state index in [9.17, 15) is 5.11 Å². The first kappa shape index (κ1) is 21.4. The van der Waals surface area contributed by atoms with Gasteiger partial charge in [0.25, 0.3) is 0 Å². The molecule has 0 amide bonds. The molecule has 3 aromatic rings. The van der Waals surface area contributed by atoms with Gasteiger partial charge < -0.3 is 10.8 Å². The Hall–Kier alpha value is -2.36. The Morgan fingerprint density at radius 3 is 2.17 bits per heavy atom. The average Bonchev–Trinajstić information content (AvgIpc) is 2.65. The van der Waals surface area contributed by atoms with E-state index in [4.69, 9.17) is 5.73 Å². The van der Waals surface area contributed by atoms with Gasteiger partial charge in [-0.2, -0.15) is 0 Å². The SMILES string of the molecule is Cc1cc(N=Nc2cc(Sc3ccc(P)cc3)ccc2N)c(O)c(C(C)(C)C)c1. The molecule has 1 unspecified atom stereocenters. The Bertz CT molecular complexity index is 1060. The van der Waals surface area contributed by atoms with Crippen LogP contribution in [0.25, 0.3) is 0 Å². The minimum Gasteiger partial charge on any atom is -0.505 e. The van der Waals surface area contributed by atoms with E-state index in [1.807, 2.05) is 37.3 Å². The number of aryl methyl sites for hydroxylation is 1. The third kappa shape index (κ3) is 5.37. The highest BCUT2D eigenvalue weighted by atomic mass is 32.2. The maximum atomic E-state index is 10.7. The summed E-state index contributed by atoms with van der Waals surface area (Å²) in [7, 11) is 2.68. The van der Waals surface area contributed by atoms with E-state index in [0.717, 1.165) is 26.2 Å². The van der Waals surface area contributed by atoms with Gasteiger partial charge in [0.05, 0.1) is 5.69 Å². The molecule has 0 fully saturated rings. The maximum absolute atomic E-state index is 10.7. The van der Waals surface area contributed by atoms with Crippen molar-refractivity contribution in [2.45, 2.75) is 42.9 Å². The van der Waals surface area contributed by atoms with E-state index >= 15 is 0 Å². The second kappa shape index (κ2) is 8.56. The van der Waals surface area contributed by atoms with Crippen LogP contribution in [-0.4, -0.2) is 5.11 Å². The van der Waals surface area contributed by atoms with E-state index in [0.29, 0.717) is 17.1 Å². The van der Waals surface area contributed by atoms with Crippen LogP contribution in [0, 0.1) is 6.92 Å². The predicted molar refractivity (Wildman–Crippen MR) is 126 cm³/mol. The monoisotopic (exact) mass is 423 g/mol. The predicted octanol–water partition coefficient (Wildman–Crippen LogP) is 6.65. The molecule has 6 heteroatoms. The van der Waals surface area contributed by atoms with Crippen LogP contribution in [0.1, 0.15) is 31.9 Å². The number of nitrogens with zero attached hydrogens (tertiary/aromatic N) is 2. The van der Waals surface area contributed by atoms with Gasteiger partial charge in [0, 0.05) is 15.4 Å². The molecule has 0 radical (unpaired) electrons. The Morgan fingerprint density at radius 1 is 0.897 bits per heavy atom. The van der Waals surface area contributed by atoms with Crippen molar-refractivity contribution in [2.24, 2.45) is 10.2 Å². The summed E-state index contributed by atoms with van der Waals surface area (Å²) in [5.74, 6) is 0.161. The van der Waals surface area contributed by atoms with Crippen molar-refractivity contribution in [1.29, 1.82) is 0 Å². The molecule has 29 heavy (non-hydrogen) atoms. The fourth-order valence-electron chi connectivity index (χ4n) is 2.86. The third-order valence-corrected chi connectivity index (χ3v) is 5.81. The Kier molecular flexibility index (Phi) is 6.30.